The highest BCUT2D eigenvalue weighted by Gasteiger charge is 2.49. The van der Waals surface area contributed by atoms with E-state index < -0.39 is 6.10 Å². The topological polar surface area (TPSA) is 52.0 Å². The summed E-state index contributed by atoms with van der Waals surface area (Å²) < 4.78 is 18.3. The number of epoxide rings is 1. The van der Waals surface area contributed by atoms with Crippen LogP contribution in [0.3, 0.4) is 0 Å². The molecule has 5 rings (SSSR count). The molecule has 2 atom stereocenters. The molecule has 0 amide bonds. The van der Waals surface area contributed by atoms with Gasteiger partial charge in [0, 0.05) is 9.86 Å². The minimum Gasteiger partial charge on any atom is -0.488 e. The zero-order chi connectivity index (χ0) is 19.8. The first kappa shape index (κ1) is 18.2. The van der Waals surface area contributed by atoms with Crippen molar-refractivity contribution in [1.82, 2.24) is 0 Å². The molecular formula is C24H17BrO4. The zero-order valence-electron chi connectivity index (χ0n) is 15.4. The fourth-order valence-electron chi connectivity index (χ4n) is 3.38. The van der Waals surface area contributed by atoms with Gasteiger partial charge in [0.2, 0.25) is 0 Å². The van der Waals surface area contributed by atoms with Crippen LogP contribution < -0.4 is 4.74 Å². The Balaban J connectivity index is 1.36. The zero-order valence-corrected chi connectivity index (χ0v) is 17.0. The maximum absolute atomic E-state index is 13.1. The molecule has 0 N–H and O–H groups in total. The van der Waals surface area contributed by atoms with E-state index in [1.807, 2.05) is 66.7 Å². The normalized spacial score (nSPS) is 18.0. The number of furan rings is 1. The van der Waals surface area contributed by atoms with E-state index in [0.717, 1.165) is 21.0 Å². The number of ketones is 1. The number of ether oxygens (including phenoxy) is 2. The molecule has 5 heteroatoms. The van der Waals surface area contributed by atoms with E-state index in [-0.39, 0.29) is 11.9 Å². The molecular weight excluding hydrogens is 432 g/mol. The van der Waals surface area contributed by atoms with Gasteiger partial charge in [0.05, 0.1) is 5.56 Å². The van der Waals surface area contributed by atoms with Crippen molar-refractivity contribution in [1.29, 1.82) is 0 Å². The van der Waals surface area contributed by atoms with Gasteiger partial charge < -0.3 is 13.9 Å². The third-order valence-corrected chi connectivity index (χ3v) is 5.41. The van der Waals surface area contributed by atoms with Crippen LogP contribution in [0.15, 0.2) is 87.8 Å². The number of carbonyl (C=O) groups is 1. The number of hydrogen-bond donors (Lipinski definition) is 0. The Morgan fingerprint density at radius 1 is 0.966 bits per heavy atom. The number of rotatable bonds is 6. The smallest absolute Gasteiger partial charge is 0.198 e. The molecule has 1 saturated heterocycles. The number of para-hydroxylation sites is 1. The maximum Gasteiger partial charge on any atom is 0.198 e. The van der Waals surface area contributed by atoms with Crippen LogP contribution in [-0.4, -0.2) is 11.9 Å². The van der Waals surface area contributed by atoms with E-state index in [1.165, 1.54) is 0 Å². The third-order valence-electron chi connectivity index (χ3n) is 4.92. The molecule has 3 aromatic carbocycles. The molecule has 29 heavy (non-hydrogen) atoms. The number of benzene rings is 3. The van der Waals surface area contributed by atoms with Crippen molar-refractivity contribution in [3.8, 4) is 5.75 Å². The molecule has 0 radical (unpaired) electrons. The second-order valence-electron chi connectivity index (χ2n) is 6.94. The number of hydrogen-bond acceptors (Lipinski definition) is 4. The number of Topliss-reactive ketones (excluding diaryl/α,β-unsaturated/α-hetero) is 1. The van der Waals surface area contributed by atoms with Gasteiger partial charge in [0.25, 0.3) is 0 Å². The van der Waals surface area contributed by atoms with Crippen molar-refractivity contribution in [2.24, 2.45) is 0 Å². The SMILES string of the molecule is O=C(c1cc(Br)ccc1OCc1ccccc1)[C@@H]1O[C@@H]1c1cc2ccccc2o1. The Morgan fingerprint density at radius 3 is 2.59 bits per heavy atom. The van der Waals surface area contributed by atoms with Crippen molar-refractivity contribution < 1.29 is 18.7 Å². The predicted molar refractivity (Wildman–Crippen MR) is 113 cm³/mol. The summed E-state index contributed by atoms with van der Waals surface area (Å²) in [4.78, 5) is 13.1. The van der Waals surface area contributed by atoms with Gasteiger partial charge in [0.1, 0.15) is 29.8 Å². The van der Waals surface area contributed by atoms with Gasteiger partial charge in [0.15, 0.2) is 11.9 Å². The first-order valence-corrected chi connectivity index (χ1v) is 10.1. The first-order valence-electron chi connectivity index (χ1n) is 9.33. The highest BCUT2D eigenvalue weighted by atomic mass is 79.9. The molecule has 0 bridgehead atoms. The van der Waals surface area contributed by atoms with E-state index in [1.54, 1.807) is 12.1 Å². The van der Waals surface area contributed by atoms with E-state index in [4.69, 9.17) is 13.9 Å². The lowest BCUT2D eigenvalue weighted by atomic mass is 10.0. The molecule has 0 unspecified atom stereocenters. The Morgan fingerprint density at radius 2 is 1.76 bits per heavy atom. The highest BCUT2D eigenvalue weighted by molar-refractivity contribution is 9.10. The Kier molecular flexibility index (Phi) is 4.70. The summed E-state index contributed by atoms with van der Waals surface area (Å²) >= 11 is 3.45. The Labute approximate surface area is 176 Å². The average molecular weight is 449 g/mol. The summed E-state index contributed by atoms with van der Waals surface area (Å²) in [6, 6.07) is 25.0. The van der Waals surface area contributed by atoms with Crippen LogP contribution in [0, 0.1) is 0 Å². The molecule has 144 valence electrons. The summed E-state index contributed by atoms with van der Waals surface area (Å²) in [5.74, 6) is 1.10. The molecule has 0 spiro atoms. The van der Waals surface area contributed by atoms with Crippen LogP contribution in [0.4, 0.5) is 0 Å². The summed E-state index contributed by atoms with van der Waals surface area (Å²) in [7, 11) is 0. The van der Waals surface area contributed by atoms with Crippen molar-refractivity contribution in [3.05, 3.63) is 100 Å². The van der Waals surface area contributed by atoms with Gasteiger partial charge in [-0.1, -0.05) is 64.5 Å². The highest BCUT2D eigenvalue weighted by Crippen LogP contribution is 2.43. The van der Waals surface area contributed by atoms with Gasteiger partial charge in [-0.25, -0.2) is 0 Å². The Hall–Kier alpha value is -2.89. The van der Waals surface area contributed by atoms with Crippen LogP contribution >= 0.6 is 15.9 Å². The average Bonchev–Trinajstić information content (AvgIpc) is 3.44. The summed E-state index contributed by atoms with van der Waals surface area (Å²) in [5, 5.41) is 0.999. The second kappa shape index (κ2) is 7.50. The van der Waals surface area contributed by atoms with Crippen LogP contribution in [-0.2, 0) is 11.3 Å². The Bertz CT molecular complexity index is 1150. The van der Waals surface area contributed by atoms with Crippen molar-refractivity contribution in [2.75, 3.05) is 0 Å². The summed E-state index contributed by atoms with van der Waals surface area (Å²) in [6.45, 7) is 0.390. The van der Waals surface area contributed by atoms with Crippen molar-refractivity contribution >= 4 is 32.7 Å². The lowest BCUT2D eigenvalue weighted by molar-refractivity contribution is 0.0949. The van der Waals surface area contributed by atoms with Gasteiger partial charge in [-0.2, -0.15) is 0 Å². The van der Waals surface area contributed by atoms with Crippen LogP contribution in [0.2, 0.25) is 0 Å². The van der Waals surface area contributed by atoms with E-state index in [9.17, 15) is 4.79 Å². The monoisotopic (exact) mass is 448 g/mol. The largest absolute Gasteiger partial charge is 0.488 e. The van der Waals surface area contributed by atoms with Gasteiger partial charge in [-0.05, 0) is 35.9 Å². The van der Waals surface area contributed by atoms with Crippen LogP contribution in [0.25, 0.3) is 11.0 Å². The van der Waals surface area contributed by atoms with Crippen molar-refractivity contribution in [3.63, 3.8) is 0 Å². The molecule has 1 aliphatic heterocycles. The lowest BCUT2D eigenvalue weighted by Crippen LogP contribution is -2.11. The molecule has 4 nitrogen and oxygen atoms in total. The van der Waals surface area contributed by atoms with Crippen LogP contribution in [0.5, 0.6) is 5.75 Å². The third kappa shape index (κ3) is 3.71. The number of fused-ring (bicyclic) bond motifs is 1. The minimum atomic E-state index is -0.566. The second-order valence-corrected chi connectivity index (χ2v) is 7.86. The van der Waals surface area contributed by atoms with Gasteiger partial charge in [-0.15, -0.1) is 0 Å². The fourth-order valence-corrected chi connectivity index (χ4v) is 3.74. The summed E-state index contributed by atoms with van der Waals surface area (Å²) in [5.41, 5.74) is 2.33. The number of halogens is 1. The lowest BCUT2D eigenvalue weighted by Gasteiger charge is -2.11. The minimum absolute atomic E-state index is 0.111. The van der Waals surface area contributed by atoms with Gasteiger partial charge in [-0.3, -0.25) is 4.79 Å². The van der Waals surface area contributed by atoms with E-state index in [2.05, 4.69) is 15.9 Å². The molecule has 1 aromatic heterocycles. The standard InChI is InChI=1S/C24H17BrO4/c25-17-10-11-20(27-14-15-6-2-1-3-7-15)18(13-17)22(26)24-23(29-24)21-12-16-8-4-5-9-19(16)28-21/h1-13,23-24H,14H2/t23-,24+/m1/s1. The molecule has 0 saturated carbocycles. The fraction of sp³-hybridized carbons (Fsp3) is 0.125. The predicted octanol–water partition coefficient (Wildman–Crippen LogP) is 6.10. The molecule has 2 heterocycles. The van der Waals surface area contributed by atoms with Gasteiger partial charge >= 0.3 is 0 Å². The molecule has 1 fully saturated rings. The quantitative estimate of drug-likeness (QED) is 0.264. The summed E-state index contributed by atoms with van der Waals surface area (Å²) in [6.07, 6.45) is -0.931. The van der Waals surface area contributed by atoms with Crippen molar-refractivity contribution in [2.45, 2.75) is 18.8 Å². The van der Waals surface area contributed by atoms with E-state index in [0.29, 0.717) is 23.7 Å². The molecule has 4 aromatic rings. The first-order chi connectivity index (χ1) is 14.2. The van der Waals surface area contributed by atoms with Crippen LogP contribution in [0.1, 0.15) is 27.8 Å². The van der Waals surface area contributed by atoms with E-state index >= 15 is 0 Å². The molecule has 1 aliphatic rings. The number of carbonyl (C=O) groups excluding carboxylic acids is 1. The molecule has 0 aliphatic carbocycles. The maximum atomic E-state index is 13.1.